The molecular formula is C13H17BrN2O. The molecule has 92 valence electrons. The van der Waals surface area contributed by atoms with E-state index in [1.807, 2.05) is 12.1 Å². The van der Waals surface area contributed by atoms with Crippen LogP contribution in [0.4, 0.5) is 0 Å². The Bertz CT molecular complexity index is 387. The van der Waals surface area contributed by atoms with Gasteiger partial charge in [0.25, 0.3) is 5.91 Å². The molecule has 0 aliphatic heterocycles. The van der Waals surface area contributed by atoms with E-state index in [9.17, 15) is 4.79 Å². The summed E-state index contributed by atoms with van der Waals surface area (Å²) in [6.45, 7) is 0. The predicted octanol–water partition coefficient (Wildman–Crippen LogP) is 3.30. The normalized spacial score (nSPS) is 17.5. The van der Waals surface area contributed by atoms with E-state index < -0.39 is 0 Å². The SMILES string of the molecule is O=C(NC1CCCCCC1)c1ncccc1Br. The molecule has 1 heterocycles. The van der Waals surface area contributed by atoms with Crippen LogP contribution >= 0.6 is 15.9 Å². The summed E-state index contributed by atoms with van der Waals surface area (Å²) in [6, 6.07) is 3.97. The largest absolute Gasteiger partial charge is 0.348 e. The number of halogens is 1. The molecule has 1 saturated carbocycles. The van der Waals surface area contributed by atoms with Crippen molar-refractivity contribution in [3.63, 3.8) is 0 Å². The highest BCUT2D eigenvalue weighted by atomic mass is 79.9. The zero-order valence-corrected chi connectivity index (χ0v) is 11.4. The summed E-state index contributed by atoms with van der Waals surface area (Å²) in [5.41, 5.74) is 0.483. The Morgan fingerprint density at radius 1 is 1.29 bits per heavy atom. The fourth-order valence-corrected chi connectivity index (χ4v) is 2.67. The molecule has 1 aliphatic rings. The number of hydrogen-bond donors (Lipinski definition) is 1. The van der Waals surface area contributed by atoms with Gasteiger partial charge in [0.05, 0.1) is 0 Å². The lowest BCUT2D eigenvalue weighted by molar-refractivity contribution is 0.0927. The number of carbonyl (C=O) groups excluding carboxylic acids is 1. The Labute approximate surface area is 110 Å². The van der Waals surface area contributed by atoms with E-state index in [0.29, 0.717) is 11.7 Å². The summed E-state index contributed by atoms with van der Waals surface area (Å²) in [4.78, 5) is 16.2. The predicted molar refractivity (Wildman–Crippen MR) is 70.9 cm³/mol. The second kappa shape index (κ2) is 6.15. The molecule has 0 radical (unpaired) electrons. The van der Waals surface area contributed by atoms with E-state index in [1.54, 1.807) is 6.20 Å². The molecule has 4 heteroatoms. The topological polar surface area (TPSA) is 42.0 Å². The van der Waals surface area contributed by atoms with Gasteiger partial charge in [-0.3, -0.25) is 4.79 Å². The summed E-state index contributed by atoms with van der Waals surface area (Å²) in [6.07, 6.45) is 8.85. The van der Waals surface area contributed by atoms with Gasteiger partial charge in [-0.05, 0) is 40.9 Å². The van der Waals surface area contributed by atoms with Crippen molar-refractivity contribution in [2.45, 2.75) is 44.6 Å². The van der Waals surface area contributed by atoms with Gasteiger partial charge in [0.2, 0.25) is 0 Å². The average molecular weight is 297 g/mol. The zero-order chi connectivity index (χ0) is 12.1. The molecule has 17 heavy (non-hydrogen) atoms. The molecule has 1 aromatic rings. The zero-order valence-electron chi connectivity index (χ0n) is 9.79. The van der Waals surface area contributed by atoms with Gasteiger partial charge in [-0.25, -0.2) is 4.98 Å². The average Bonchev–Trinajstić information content (AvgIpc) is 2.58. The monoisotopic (exact) mass is 296 g/mol. The molecule has 3 nitrogen and oxygen atoms in total. The van der Waals surface area contributed by atoms with Crippen molar-refractivity contribution in [1.29, 1.82) is 0 Å². The summed E-state index contributed by atoms with van der Waals surface area (Å²) in [5, 5.41) is 3.08. The number of carbonyl (C=O) groups is 1. The van der Waals surface area contributed by atoms with Crippen LogP contribution in [0.5, 0.6) is 0 Å². The first-order valence-corrected chi connectivity index (χ1v) is 6.98. The standard InChI is InChI=1S/C13H17BrN2O/c14-11-8-5-9-15-12(11)13(17)16-10-6-3-1-2-4-7-10/h5,8-10H,1-4,6-7H2,(H,16,17). The molecule has 1 aromatic heterocycles. The highest BCUT2D eigenvalue weighted by Gasteiger charge is 2.17. The number of pyridine rings is 1. The molecule has 2 rings (SSSR count). The lowest BCUT2D eigenvalue weighted by Crippen LogP contribution is -2.35. The van der Waals surface area contributed by atoms with Crippen LogP contribution in [0.1, 0.15) is 49.0 Å². The maximum atomic E-state index is 12.0. The van der Waals surface area contributed by atoms with Crippen molar-refractivity contribution in [2.24, 2.45) is 0 Å². The fourth-order valence-electron chi connectivity index (χ4n) is 2.23. The van der Waals surface area contributed by atoms with Gasteiger partial charge < -0.3 is 5.32 Å². The molecule has 0 saturated heterocycles. The summed E-state index contributed by atoms with van der Waals surface area (Å²) < 4.78 is 0.756. The Kier molecular flexibility index (Phi) is 4.54. The third-order valence-corrected chi connectivity index (χ3v) is 3.80. The minimum absolute atomic E-state index is 0.0654. The van der Waals surface area contributed by atoms with Gasteiger partial charge in [0, 0.05) is 16.7 Å². The van der Waals surface area contributed by atoms with Crippen molar-refractivity contribution < 1.29 is 4.79 Å². The molecule has 0 atom stereocenters. The number of hydrogen-bond acceptors (Lipinski definition) is 2. The van der Waals surface area contributed by atoms with Crippen LogP contribution in [0.25, 0.3) is 0 Å². The number of amides is 1. The van der Waals surface area contributed by atoms with E-state index in [0.717, 1.165) is 17.3 Å². The summed E-state index contributed by atoms with van der Waals surface area (Å²) in [7, 11) is 0. The van der Waals surface area contributed by atoms with Crippen molar-refractivity contribution in [1.82, 2.24) is 10.3 Å². The smallest absolute Gasteiger partial charge is 0.271 e. The summed E-state index contributed by atoms with van der Waals surface area (Å²) in [5.74, 6) is -0.0654. The number of nitrogens with one attached hydrogen (secondary N) is 1. The van der Waals surface area contributed by atoms with Gasteiger partial charge in [0.15, 0.2) is 0 Å². The number of rotatable bonds is 2. The molecule has 0 aromatic carbocycles. The first kappa shape index (κ1) is 12.6. The number of nitrogens with zero attached hydrogens (tertiary/aromatic N) is 1. The second-order valence-corrected chi connectivity index (χ2v) is 5.35. The van der Waals surface area contributed by atoms with Gasteiger partial charge >= 0.3 is 0 Å². The maximum Gasteiger partial charge on any atom is 0.271 e. The van der Waals surface area contributed by atoms with Crippen LogP contribution < -0.4 is 5.32 Å². The third-order valence-electron chi connectivity index (χ3n) is 3.16. The first-order chi connectivity index (χ1) is 8.27. The fraction of sp³-hybridized carbons (Fsp3) is 0.538. The van der Waals surface area contributed by atoms with Crippen LogP contribution in [-0.2, 0) is 0 Å². The van der Waals surface area contributed by atoms with Gasteiger partial charge in [-0.1, -0.05) is 25.7 Å². The Morgan fingerprint density at radius 3 is 2.65 bits per heavy atom. The summed E-state index contributed by atoms with van der Waals surface area (Å²) >= 11 is 3.35. The van der Waals surface area contributed by atoms with Crippen molar-refractivity contribution in [3.05, 3.63) is 28.5 Å². The molecule has 0 spiro atoms. The second-order valence-electron chi connectivity index (χ2n) is 4.50. The first-order valence-electron chi connectivity index (χ1n) is 6.19. The molecular weight excluding hydrogens is 280 g/mol. The van der Waals surface area contributed by atoms with Crippen LogP contribution in [0, 0.1) is 0 Å². The maximum absolute atomic E-state index is 12.0. The van der Waals surface area contributed by atoms with E-state index in [1.165, 1.54) is 25.7 Å². The minimum atomic E-state index is -0.0654. The van der Waals surface area contributed by atoms with E-state index >= 15 is 0 Å². The third kappa shape index (κ3) is 3.53. The van der Waals surface area contributed by atoms with E-state index in [2.05, 4.69) is 26.2 Å². The Balaban J connectivity index is 1.98. The molecule has 0 unspecified atom stereocenters. The Hall–Kier alpha value is -0.900. The van der Waals surface area contributed by atoms with Crippen LogP contribution in [0.15, 0.2) is 22.8 Å². The highest BCUT2D eigenvalue weighted by Crippen LogP contribution is 2.18. The van der Waals surface area contributed by atoms with Crippen molar-refractivity contribution in [3.8, 4) is 0 Å². The highest BCUT2D eigenvalue weighted by molar-refractivity contribution is 9.10. The lowest BCUT2D eigenvalue weighted by atomic mass is 10.1. The number of aromatic nitrogens is 1. The lowest BCUT2D eigenvalue weighted by Gasteiger charge is -2.16. The quantitative estimate of drug-likeness (QED) is 0.851. The molecule has 1 aliphatic carbocycles. The van der Waals surface area contributed by atoms with Crippen LogP contribution in [0.3, 0.4) is 0 Å². The molecule has 1 N–H and O–H groups in total. The van der Waals surface area contributed by atoms with Gasteiger partial charge in [-0.15, -0.1) is 0 Å². The van der Waals surface area contributed by atoms with Gasteiger partial charge in [0.1, 0.15) is 5.69 Å². The van der Waals surface area contributed by atoms with E-state index in [-0.39, 0.29) is 5.91 Å². The molecule has 1 amide bonds. The van der Waals surface area contributed by atoms with Crippen LogP contribution in [-0.4, -0.2) is 16.9 Å². The molecule has 0 bridgehead atoms. The van der Waals surface area contributed by atoms with Crippen molar-refractivity contribution in [2.75, 3.05) is 0 Å². The van der Waals surface area contributed by atoms with Gasteiger partial charge in [-0.2, -0.15) is 0 Å². The Morgan fingerprint density at radius 2 is 2.00 bits per heavy atom. The van der Waals surface area contributed by atoms with E-state index in [4.69, 9.17) is 0 Å². The minimum Gasteiger partial charge on any atom is -0.348 e. The van der Waals surface area contributed by atoms with Crippen molar-refractivity contribution >= 4 is 21.8 Å². The molecule has 1 fully saturated rings. The van der Waals surface area contributed by atoms with Crippen LogP contribution in [0.2, 0.25) is 0 Å².